The molecule has 1 spiro atoms. The van der Waals surface area contributed by atoms with E-state index in [1.165, 1.54) is 0 Å². The molecule has 37 heavy (non-hydrogen) atoms. The van der Waals surface area contributed by atoms with Crippen molar-refractivity contribution >= 4 is 35.2 Å². The van der Waals surface area contributed by atoms with Gasteiger partial charge in [-0.3, -0.25) is 14.4 Å². The second kappa shape index (κ2) is 10.7. The Bertz CT molecular complexity index is 1050. The van der Waals surface area contributed by atoms with Crippen molar-refractivity contribution in [2.24, 2.45) is 11.8 Å². The van der Waals surface area contributed by atoms with Gasteiger partial charge in [-0.2, -0.15) is 0 Å². The third-order valence-electron chi connectivity index (χ3n) is 7.91. The molecule has 5 atom stereocenters. The second-order valence-electron chi connectivity index (χ2n) is 11.1. The monoisotopic (exact) mass is 525 g/mol. The van der Waals surface area contributed by atoms with Gasteiger partial charge < -0.3 is 19.8 Å². The van der Waals surface area contributed by atoms with Crippen LogP contribution in [0.25, 0.3) is 0 Å². The van der Waals surface area contributed by atoms with E-state index in [1.54, 1.807) is 38.6 Å². The first-order chi connectivity index (χ1) is 17.6. The van der Waals surface area contributed by atoms with Gasteiger partial charge >= 0.3 is 0 Å². The Morgan fingerprint density at radius 3 is 2.43 bits per heavy atom. The Balaban J connectivity index is 1.76. The number of likely N-dealkylation sites (tertiary alicyclic amines) is 1. The number of aliphatic hydroxyl groups is 1. The van der Waals surface area contributed by atoms with E-state index in [1.807, 2.05) is 51.1 Å². The molecular formula is C29H39N3O4S. The van der Waals surface area contributed by atoms with Gasteiger partial charge in [-0.25, -0.2) is 0 Å². The highest BCUT2D eigenvalue weighted by Crippen LogP contribution is 2.66. The zero-order valence-electron chi connectivity index (χ0n) is 22.1. The van der Waals surface area contributed by atoms with Crippen molar-refractivity contribution in [1.82, 2.24) is 9.80 Å². The fourth-order valence-corrected chi connectivity index (χ4v) is 8.61. The summed E-state index contributed by atoms with van der Waals surface area (Å²) in [4.78, 5) is 47.7. The first kappa shape index (κ1) is 27.5. The molecule has 200 valence electrons. The third kappa shape index (κ3) is 4.63. The molecule has 1 aromatic rings. The van der Waals surface area contributed by atoms with Crippen molar-refractivity contribution < 1.29 is 19.5 Å². The van der Waals surface area contributed by atoms with Crippen LogP contribution in [0, 0.1) is 11.8 Å². The van der Waals surface area contributed by atoms with Crippen LogP contribution in [0.4, 0.5) is 5.69 Å². The summed E-state index contributed by atoms with van der Waals surface area (Å²) in [5, 5.41) is 9.55. The predicted molar refractivity (Wildman–Crippen MR) is 148 cm³/mol. The number of carbonyl (C=O) groups is 3. The Kier molecular flexibility index (Phi) is 7.91. The number of hydrogen-bond acceptors (Lipinski definition) is 5. The first-order valence-electron chi connectivity index (χ1n) is 13.1. The lowest BCUT2D eigenvalue weighted by Gasteiger charge is -2.42. The van der Waals surface area contributed by atoms with Crippen LogP contribution in [0.15, 0.2) is 55.6 Å². The Labute approximate surface area is 224 Å². The topological polar surface area (TPSA) is 81.2 Å². The molecule has 3 amide bonds. The Morgan fingerprint density at radius 1 is 1.16 bits per heavy atom. The standard InChI is InChI=1S/C29H39N3O4S/c1-6-16-30(20-12-9-8-10-13-20)25(34)22-21-14-15-29(37-21)23(22)26(35)31(18-11-19-33)24(29)27(36)32(17-7-2)28(3,4)5/h6-10,12-13,21-24,33H,1-2,11,14-19H2,3-5H3/t21-,22+,23+,24?,29?/m1/s1. The van der Waals surface area contributed by atoms with Crippen LogP contribution < -0.4 is 4.90 Å². The molecule has 0 aliphatic carbocycles. The molecule has 3 heterocycles. The maximum absolute atomic E-state index is 14.3. The van der Waals surface area contributed by atoms with Gasteiger partial charge in [0, 0.05) is 42.7 Å². The minimum absolute atomic E-state index is 0.0183. The highest BCUT2D eigenvalue weighted by atomic mass is 32.2. The molecule has 3 aliphatic heterocycles. The van der Waals surface area contributed by atoms with Gasteiger partial charge in [-0.1, -0.05) is 30.4 Å². The van der Waals surface area contributed by atoms with Gasteiger partial charge in [0.1, 0.15) is 6.04 Å². The smallest absolute Gasteiger partial charge is 0.247 e. The van der Waals surface area contributed by atoms with E-state index in [0.29, 0.717) is 25.9 Å². The number of fused-ring (bicyclic) bond motifs is 1. The summed E-state index contributed by atoms with van der Waals surface area (Å²) in [6.07, 6.45) is 5.30. The van der Waals surface area contributed by atoms with E-state index in [9.17, 15) is 19.5 Å². The molecule has 2 unspecified atom stereocenters. The van der Waals surface area contributed by atoms with Crippen molar-refractivity contribution in [2.45, 2.75) is 61.6 Å². The van der Waals surface area contributed by atoms with E-state index < -0.39 is 28.2 Å². The SMILES string of the molecule is C=CCN(C(=O)[C@@H]1[C@H]2C(=O)N(CCCO)C(C(=O)N(CC=C)C(C)(C)C)C23CC[C@H]1S3)c1ccccc1. The molecule has 1 N–H and O–H groups in total. The van der Waals surface area contributed by atoms with Gasteiger partial charge in [0.05, 0.1) is 16.6 Å². The maximum atomic E-state index is 14.3. The van der Waals surface area contributed by atoms with Crippen LogP contribution in [0.3, 0.4) is 0 Å². The number of nitrogens with zero attached hydrogens (tertiary/aromatic N) is 3. The van der Waals surface area contributed by atoms with E-state index in [2.05, 4.69) is 13.2 Å². The van der Waals surface area contributed by atoms with Gasteiger partial charge in [-0.05, 0) is 52.2 Å². The first-order valence-corrected chi connectivity index (χ1v) is 14.0. The summed E-state index contributed by atoms with van der Waals surface area (Å²) in [5.74, 6) is -1.41. The number of amides is 3. The number of para-hydroxylation sites is 1. The quantitative estimate of drug-likeness (QED) is 0.473. The number of thioether (sulfide) groups is 1. The molecule has 7 nitrogen and oxygen atoms in total. The Hall–Kier alpha value is -2.58. The van der Waals surface area contributed by atoms with Gasteiger partial charge in [0.15, 0.2) is 0 Å². The molecule has 4 rings (SSSR count). The van der Waals surface area contributed by atoms with Crippen LogP contribution in [0.2, 0.25) is 0 Å². The molecule has 3 fully saturated rings. The summed E-state index contributed by atoms with van der Waals surface area (Å²) in [6, 6.07) is 8.80. The molecule has 0 aromatic heterocycles. The minimum Gasteiger partial charge on any atom is -0.396 e. The highest BCUT2D eigenvalue weighted by molar-refractivity contribution is 8.02. The largest absolute Gasteiger partial charge is 0.396 e. The van der Waals surface area contributed by atoms with Crippen LogP contribution in [0.1, 0.15) is 40.0 Å². The molecule has 3 saturated heterocycles. The van der Waals surface area contributed by atoms with Crippen molar-refractivity contribution in [1.29, 1.82) is 0 Å². The molecular weight excluding hydrogens is 486 g/mol. The average molecular weight is 526 g/mol. The van der Waals surface area contributed by atoms with Gasteiger partial charge in [0.25, 0.3) is 0 Å². The number of benzene rings is 1. The number of hydrogen-bond donors (Lipinski definition) is 1. The van der Waals surface area contributed by atoms with Gasteiger partial charge in [-0.15, -0.1) is 24.9 Å². The summed E-state index contributed by atoms with van der Waals surface area (Å²) in [7, 11) is 0. The second-order valence-corrected chi connectivity index (χ2v) is 12.7. The third-order valence-corrected chi connectivity index (χ3v) is 9.86. The minimum atomic E-state index is -0.673. The van der Waals surface area contributed by atoms with Crippen molar-refractivity contribution in [3.05, 3.63) is 55.6 Å². The molecule has 3 aliphatic rings. The zero-order valence-corrected chi connectivity index (χ0v) is 23.0. The zero-order chi connectivity index (χ0) is 27.0. The predicted octanol–water partition coefficient (Wildman–Crippen LogP) is 3.49. The van der Waals surface area contributed by atoms with Crippen molar-refractivity contribution in [2.75, 3.05) is 31.1 Å². The number of anilines is 1. The molecule has 0 radical (unpaired) electrons. The average Bonchev–Trinajstić information content (AvgIpc) is 3.51. The number of rotatable bonds is 10. The van der Waals surface area contributed by atoms with Crippen molar-refractivity contribution in [3.8, 4) is 0 Å². The van der Waals surface area contributed by atoms with Crippen molar-refractivity contribution in [3.63, 3.8) is 0 Å². The van der Waals surface area contributed by atoms with E-state index in [4.69, 9.17) is 0 Å². The van der Waals surface area contributed by atoms with Crippen LogP contribution in [-0.4, -0.2) is 80.4 Å². The number of carbonyl (C=O) groups excluding carboxylic acids is 3. The van der Waals surface area contributed by atoms with E-state index in [-0.39, 0.29) is 36.1 Å². The van der Waals surface area contributed by atoms with E-state index >= 15 is 0 Å². The summed E-state index contributed by atoms with van der Waals surface area (Å²) >= 11 is 1.67. The molecule has 2 bridgehead atoms. The summed E-state index contributed by atoms with van der Waals surface area (Å²) in [6.45, 7) is 14.6. The Morgan fingerprint density at radius 2 is 1.84 bits per heavy atom. The maximum Gasteiger partial charge on any atom is 0.247 e. The molecule has 0 saturated carbocycles. The van der Waals surface area contributed by atoms with Gasteiger partial charge in [0.2, 0.25) is 17.7 Å². The summed E-state index contributed by atoms with van der Waals surface area (Å²) < 4.78 is -0.657. The number of aliphatic hydroxyl groups excluding tert-OH is 1. The molecule has 1 aromatic carbocycles. The highest BCUT2D eigenvalue weighted by Gasteiger charge is 2.74. The fourth-order valence-electron chi connectivity index (χ4n) is 6.41. The lowest BCUT2D eigenvalue weighted by Crippen LogP contribution is -2.59. The lowest BCUT2D eigenvalue weighted by molar-refractivity contribution is -0.145. The molecule has 8 heteroatoms. The normalized spacial score (nSPS) is 28.2. The van der Waals surface area contributed by atoms with Crippen LogP contribution >= 0.6 is 11.8 Å². The summed E-state index contributed by atoms with van der Waals surface area (Å²) in [5.41, 5.74) is 0.310. The van der Waals surface area contributed by atoms with Crippen LogP contribution in [-0.2, 0) is 14.4 Å². The van der Waals surface area contributed by atoms with Crippen LogP contribution in [0.5, 0.6) is 0 Å². The van der Waals surface area contributed by atoms with E-state index in [0.717, 1.165) is 12.1 Å². The lowest BCUT2D eigenvalue weighted by atomic mass is 9.70. The fraction of sp³-hybridized carbons (Fsp3) is 0.552.